The van der Waals surface area contributed by atoms with Crippen LogP contribution in [0.2, 0.25) is 0 Å². The molecule has 1 aromatic rings. The molecule has 1 unspecified atom stereocenters. The maximum Gasteiger partial charge on any atom is 0.0615 e. The van der Waals surface area contributed by atoms with Crippen LogP contribution in [-0.4, -0.2) is 51.5 Å². The highest BCUT2D eigenvalue weighted by molar-refractivity contribution is 5.22. The molecule has 114 valence electrons. The van der Waals surface area contributed by atoms with Gasteiger partial charge in [0.2, 0.25) is 0 Å². The molecule has 0 radical (unpaired) electrons. The Morgan fingerprint density at radius 1 is 1.10 bits per heavy atom. The minimum atomic E-state index is 0.374. The lowest BCUT2D eigenvalue weighted by Crippen LogP contribution is -2.38. The highest BCUT2D eigenvalue weighted by atomic mass is 16.5. The zero-order valence-corrected chi connectivity index (χ0v) is 13.0. The van der Waals surface area contributed by atoms with Crippen LogP contribution in [0.5, 0.6) is 0 Å². The van der Waals surface area contributed by atoms with Gasteiger partial charge >= 0.3 is 0 Å². The van der Waals surface area contributed by atoms with Crippen LogP contribution in [-0.2, 0) is 22.4 Å². The molecule has 2 N–H and O–H groups in total. The number of ether oxygens (including phenoxy) is 2. The predicted molar refractivity (Wildman–Crippen MR) is 82.8 cm³/mol. The molecule has 1 aromatic carbocycles. The highest BCUT2D eigenvalue weighted by Crippen LogP contribution is 2.11. The molecule has 4 heteroatoms. The second kappa shape index (κ2) is 9.88. The summed E-state index contributed by atoms with van der Waals surface area (Å²) in [6.07, 6.45) is 0.938. The standard InChI is InChI=1S/C16H28N2O2/c1-14(13-20-3)18(10-11-19-2)12-16-6-4-15(5-7-16)8-9-17/h4-7,14H,8-13,17H2,1-3H3. The van der Waals surface area contributed by atoms with Crippen LogP contribution in [0.4, 0.5) is 0 Å². The molecule has 0 spiro atoms. The molecule has 0 aliphatic heterocycles. The maximum absolute atomic E-state index is 5.57. The lowest BCUT2D eigenvalue weighted by atomic mass is 10.1. The summed E-state index contributed by atoms with van der Waals surface area (Å²) in [4.78, 5) is 2.38. The maximum atomic E-state index is 5.57. The van der Waals surface area contributed by atoms with Gasteiger partial charge in [0.1, 0.15) is 0 Å². The van der Waals surface area contributed by atoms with Gasteiger partial charge in [0.05, 0.1) is 13.2 Å². The van der Waals surface area contributed by atoms with E-state index in [1.165, 1.54) is 11.1 Å². The van der Waals surface area contributed by atoms with Crippen molar-refractivity contribution in [3.05, 3.63) is 35.4 Å². The molecule has 0 amide bonds. The fourth-order valence-electron chi connectivity index (χ4n) is 2.22. The Bertz CT molecular complexity index is 354. The van der Waals surface area contributed by atoms with Crippen LogP contribution >= 0.6 is 0 Å². The summed E-state index contributed by atoms with van der Waals surface area (Å²) in [6.45, 7) is 6.17. The van der Waals surface area contributed by atoms with Gasteiger partial charge in [-0.25, -0.2) is 0 Å². The van der Waals surface area contributed by atoms with Crippen molar-refractivity contribution in [3.63, 3.8) is 0 Å². The number of benzene rings is 1. The van der Waals surface area contributed by atoms with E-state index >= 15 is 0 Å². The van der Waals surface area contributed by atoms with E-state index in [1.807, 2.05) is 0 Å². The van der Waals surface area contributed by atoms with Gasteiger partial charge in [-0.05, 0) is 31.0 Å². The molecular formula is C16H28N2O2. The first-order valence-corrected chi connectivity index (χ1v) is 7.21. The molecule has 0 heterocycles. The van der Waals surface area contributed by atoms with Gasteiger partial charge in [0.15, 0.2) is 0 Å². The lowest BCUT2D eigenvalue weighted by Gasteiger charge is -2.28. The number of hydrogen-bond acceptors (Lipinski definition) is 4. The summed E-state index contributed by atoms with van der Waals surface area (Å²) in [6, 6.07) is 9.07. The van der Waals surface area contributed by atoms with Gasteiger partial charge in [-0.3, -0.25) is 4.90 Å². The Morgan fingerprint density at radius 2 is 1.75 bits per heavy atom. The Kier molecular flexibility index (Phi) is 8.46. The summed E-state index contributed by atoms with van der Waals surface area (Å²) >= 11 is 0. The second-order valence-corrected chi connectivity index (χ2v) is 5.12. The molecule has 1 atom stereocenters. The van der Waals surface area contributed by atoms with E-state index in [0.29, 0.717) is 12.6 Å². The number of rotatable bonds is 10. The first kappa shape index (κ1) is 17.1. The van der Waals surface area contributed by atoms with Gasteiger partial charge in [-0.15, -0.1) is 0 Å². The smallest absolute Gasteiger partial charge is 0.0615 e. The third-order valence-corrected chi connectivity index (χ3v) is 3.46. The van der Waals surface area contributed by atoms with Crippen molar-refractivity contribution in [2.75, 3.05) is 40.5 Å². The zero-order valence-electron chi connectivity index (χ0n) is 13.0. The van der Waals surface area contributed by atoms with E-state index in [2.05, 4.69) is 36.1 Å². The van der Waals surface area contributed by atoms with E-state index in [9.17, 15) is 0 Å². The molecular weight excluding hydrogens is 252 g/mol. The van der Waals surface area contributed by atoms with Crippen LogP contribution in [0.25, 0.3) is 0 Å². The van der Waals surface area contributed by atoms with Crippen LogP contribution in [0.3, 0.4) is 0 Å². The van der Waals surface area contributed by atoms with E-state index < -0.39 is 0 Å². The average molecular weight is 280 g/mol. The number of nitrogens with zero attached hydrogens (tertiary/aromatic N) is 1. The van der Waals surface area contributed by atoms with Crippen LogP contribution < -0.4 is 5.73 Å². The van der Waals surface area contributed by atoms with E-state index in [4.69, 9.17) is 15.2 Å². The van der Waals surface area contributed by atoms with Crippen molar-refractivity contribution in [2.45, 2.75) is 25.9 Å². The van der Waals surface area contributed by atoms with Crippen molar-refractivity contribution in [2.24, 2.45) is 5.73 Å². The Hall–Kier alpha value is -0.940. The molecule has 4 nitrogen and oxygen atoms in total. The minimum absolute atomic E-state index is 0.374. The topological polar surface area (TPSA) is 47.7 Å². The fourth-order valence-corrected chi connectivity index (χ4v) is 2.22. The molecule has 0 aliphatic rings. The molecule has 20 heavy (non-hydrogen) atoms. The number of methoxy groups -OCH3 is 2. The minimum Gasteiger partial charge on any atom is -0.383 e. The first-order chi connectivity index (χ1) is 9.71. The third kappa shape index (κ3) is 6.01. The third-order valence-electron chi connectivity index (χ3n) is 3.46. The molecule has 0 aromatic heterocycles. The molecule has 0 aliphatic carbocycles. The van der Waals surface area contributed by atoms with Crippen molar-refractivity contribution < 1.29 is 9.47 Å². The van der Waals surface area contributed by atoms with E-state index in [-0.39, 0.29) is 0 Å². The van der Waals surface area contributed by atoms with Crippen molar-refractivity contribution in [1.82, 2.24) is 4.90 Å². The fraction of sp³-hybridized carbons (Fsp3) is 0.625. The van der Waals surface area contributed by atoms with Crippen molar-refractivity contribution in [3.8, 4) is 0 Å². The summed E-state index contributed by atoms with van der Waals surface area (Å²) in [5, 5.41) is 0. The Balaban J connectivity index is 2.62. The summed E-state index contributed by atoms with van der Waals surface area (Å²) in [5.41, 5.74) is 8.18. The summed E-state index contributed by atoms with van der Waals surface area (Å²) in [5.74, 6) is 0. The molecule has 0 bridgehead atoms. The van der Waals surface area contributed by atoms with Crippen LogP contribution in [0.15, 0.2) is 24.3 Å². The zero-order chi connectivity index (χ0) is 14.8. The van der Waals surface area contributed by atoms with E-state index in [0.717, 1.165) is 32.7 Å². The molecule has 0 saturated carbocycles. The van der Waals surface area contributed by atoms with Gasteiger partial charge in [0, 0.05) is 33.4 Å². The molecule has 0 fully saturated rings. The molecule has 0 saturated heterocycles. The van der Waals surface area contributed by atoms with Crippen LogP contribution in [0.1, 0.15) is 18.1 Å². The molecule has 1 rings (SSSR count). The monoisotopic (exact) mass is 280 g/mol. The number of nitrogens with two attached hydrogens (primary N) is 1. The van der Waals surface area contributed by atoms with Gasteiger partial charge in [-0.1, -0.05) is 24.3 Å². The van der Waals surface area contributed by atoms with Crippen molar-refractivity contribution in [1.29, 1.82) is 0 Å². The quantitative estimate of drug-likeness (QED) is 0.708. The predicted octanol–water partition coefficient (Wildman–Crippen LogP) is 1.67. The summed E-state index contributed by atoms with van der Waals surface area (Å²) in [7, 11) is 3.48. The average Bonchev–Trinajstić information content (AvgIpc) is 2.45. The second-order valence-electron chi connectivity index (χ2n) is 5.12. The SMILES string of the molecule is COCCN(Cc1ccc(CCN)cc1)C(C)COC. The Labute approximate surface area is 122 Å². The number of hydrogen-bond donors (Lipinski definition) is 1. The van der Waals surface area contributed by atoms with Crippen molar-refractivity contribution >= 4 is 0 Å². The van der Waals surface area contributed by atoms with Gasteiger partial charge < -0.3 is 15.2 Å². The van der Waals surface area contributed by atoms with Gasteiger partial charge in [0.25, 0.3) is 0 Å². The first-order valence-electron chi connectivity index (χ1n) is 7.21. The highest BCUT2D eigenvalue weighted by Gasteiger charge is 2.13. The lowest BCUT2D eigenvalue weighted by molar-refractivity contribution is 0.0705. The van der Waals surface area contributed by atoms with Gasteiger partial charge in [-0.2, -0.15) is 0 Å². The van der Waals surface area contributed by atoms with E-state index in [1.54, 1.807) is 14.2 Å². The largest absolute Gasteiger partial charge is 0.383 e. The Morgan fingerprint density at radius 3 is 2.30 bits per heavy atom. The van der Waals surface area contributed by atoms with Crippen LogP contribution in [0, 0.1) is 0 Å². The normalized spacial score (nSPS) is 12.8. The summed E-state index contributed by atoms with van der Waals surface area (Å²) < 4.78 is 10.4.